The molecule has 0 amide bonds. The highest BCUT2D eigenvalue weighted by molar-refractivity contribution is 4.90. The first-order chi connectivity index (χ1) is 6.86. The van der Waals surface area contributed by atoms with Gasteiger partial charge in [0.25, 0.3) is 0 Å². The van der Waals surface area contributed by atoms with Crippen LogP contribution in [0.15, 0.2) is 6.20 Å². The lowest BCUT2D eigenvalue weighted by Crippen LogP contribution is -2.12. The lowest BCUT2D eigenvalue weighted by atomic mass is 10.5. The lowest BCUT2D eigenvalue weighted by Gasteiger charge is -2.01. The third-order valence-electron chi connectivity index (χ3n) is 1.67. The summed E-state index contributed by atoms with van der Waals surface area (Å²) in [5.41, 5.74) is 6.22. The quantitative estimate of drug-likeness (QED) is 0.549. The Balaban J connectivity index is 2.22. The van der Waals surface area contributed by atoms with E-state index in [0.29, 0.717) is 19.8 Å². The SMILES string of the molecule is CNCc1cn(CCOCCN)nn1. The van der Waals surface area contributed by atoms with Crippen LogP contribution in [0, 0.1) is 0 Å². The molecule has 0 saturated carbocycles. The molecular formula is C8H17N5O. The van der Waals surface area contributed by atoms with Gasteiger partial charge in [-0.3, -0.25) is 0 Å². The standard InChI is InChI=1S/C8H17N5O/c1-10-6-8-7-13(12-11-8)3-5-14-4-2-9/h7,10H,2-6,9H2,1H3. The summed E-state index contributed by atoms with van der Waals surface area (Å²) in [5.74, 6) is 0. The van der Waals surface area contributed by atoms with Crippen molar-refractivity contribution < 1.29 is 4.74 Å². The Hall–Kier alpha value is -0.980. The molecule has 0 aliphatic rings. The Morgan fingerprint density at radius 2 is 2.43 bits per heavy atom. The minimum Gasteiger partial charge on any atom is -0.378 e. The zero-order valence-corrected chi connectivity index (χ0v) is 8.44. The number of nitrogens with two attached hydrogens (primary N) is 1. The summed E-state index contributed by atoms with van der Waals surface area (Å²) >= 11 is 0. The minimum absolute atomic E-state index is 0.558. The van der Waals surface area contributed by atoms with E-state index in [4.69, 9.17) is 10.5 Å². The van der Waals surface area contributed by atoms with Gasteiger partial charge < -0.3 is 15.8 Å². The first-order valence-corrected chi connectivity index (χ1v) is 4.68. The van der Waals surface area contributed by atoms with Crippen molar-refractivity contribution in [1.29, 1.82) is 0 Å². The molecule has 1 aromatic heterocycles. The zero-order valence-electron chi connectivity index (χ0n) is 8.44. The molecule has 0 bridgehead atoms. The maximum atomic E-state index is 5.28. The highest BCUT2D eigenvalue weighted by Crippen LogP contribution is 1.91. The average molecular weight is 199 g/mol. The number of nitrogens with one attached hydrogen (secondary N) is 1. The fourth-order valence-electron chi connectivity index (χ4n) is 1.05. The largest absolute Gasteiger partial charge is 0.378 e. The van der Waals surface area contributed by atoms with Gasteiger partial charge >= 0.3 is 0 Å². The van der Waals surface area contributed by atoms with Gasteiger partial charge in [0.1, 0.15) is 0 Å². The lowest BCUT2D eigenvalue weighted by molar-refractivity contribution is 0.130. The predicted octanol–water partition coefficient (Wildman–Crippen LogP) is -1.03. The summed E-state index contributed by atoms with van der Waals surface area (Å²) in [4.78, 5) is 0. The summed E-state index contributed by atoms with van der Waals surface area (Å²) in [6, 6.07) is 0. The van der Waals surface area contributed by atoms with Crippen LogP contribution in [0.1, 0.15) is 5.69 Å². The van der Waals surface area contributed by atoms with Crippen molar-refractivity contribution in [2.24, 2.45) is 5.73 Å². The minimum atomic E-state index is 0.558. The van der Waals surface area contributed by atoms with Gasteiger partial charge in [0.2, 0.25) is 0 Å². The summed E-state index contributed by atoms with van der Waals surface area (Å²) in [7, 11) is 1.88. The van der Waals surface area contributed by atoms with E-state index >= 15 is 0 Å². The zero-order chi connectivity index (χ0) is 10.2. The van der Waals surface area contributed by atoms with E-state index < -0.39 is 0 Å². The molecule has 0 aliphatic carbocycles. The van der Waals surface area contributed by atoms with Crippen molar-refractivity contribution in [1.82, 2.24) is 20.3 Å². The van der Waals surface area contributed by atoms with E-state index in [-0.39, 0.29) is 0 Å². The van der Waals surface area contributed by atoms with Crippen molar-refractivity contribution in [3.63, 3.8) is 0 Å². The number of hydrogen-bond donors (Lipinski definition) is 2. The summed E-state index contributed by atoms with van der Waals surface area (Å²) in [6.45, 7) is 3.24. The average Bonchev–Trinajstić information content (AvgIpc) is 2.61. The summed E-state index contributed by atoms with van der Waals surface area (Å²) in [5, 5.41) is 10.9. The number of nitrogens with zero attached hydrogens (tertiary/aromatic N) is 3. The van der Waals surface area contributed by atoms with Gasteiger partial charge in [-0.1, -0.05) is 5.21 Å². The highest BCUT2D eigenvalue weighted by Gasteiger charge is 1.98. The van der Waals surface area contributed by atoms with Crippen LogP contribution in [-0.4, -0.2) is 41.8 Å². The maximum Gasteiger partial charge on any atom is 0.0964 e. The van der Waals surface area contributed by atoms with Crippen LogP contribution in [0.3, 0.4) is 0 Å². The Labute approximate surface area is 83.4 Å². The second-order valence-corrected chi connectivity index (χ2v) is 2.90. The summed E-state index contributed by atoms with van der Waals surface area (Å²) in [6.07, 6.45) is 1.91. The van der Waals surface area contributed by atoms with Crippen LogP contribution in [0.4, 0.5) is 0 Å². The fourth-order valence-corrected chi connectivity index (χ4v) is 1.05. The van der Waals surface area contributed by atoms with E-state index in [2.05, 4.69) is 15.6 Å². The van der Waals surface area contributed by atoms with E-state index in [0.717, 1.165) is 18.8 Å². The molecule has 0 unspecified atom stereocenters. The van der Waals surface area contributed by atoms with Crippen molar-refractivity contribution in [3.8, 4) is 0 Å². The van der Waals surface area contributed by atoms with E-state index in [1.165, 1.54) is 0 Å². The first kappa shape index (κ1) is 11.1. The maximum absolute atomic E-state index is 5.28. The molecule has 0 aromatic carbocycles. The molecular weight excluding hydrogens is 182 g/mol. The van der Waals surface area contributed by atoms with E-state index in [1.54, 1.807) is 4.68 Å². The third-order valence-corrected chi connectivity index (χ3v) is 1.67. The second kappa shape index (κ2) is 6.47. The van der Waals surface area contributed by atoms with Crippen molar-refractivity contribution >= 4 is 0 Å². The van der Waals surface area contributed by atoms with Crippen LogP contribution in [0.5, 0.6) is 0 Å². The van der Waals surface area contributed by atoms with Gasteiger partial charge in [-0.15, -0.1) is 5.10 Å². The first-order valence-electron chi connectivity index (χ1n) is 4.68. The Kier molecular flexibility index (Phi) is 5.13. The van der Waals surface area contributed by atoms with Crippen molar-refractivity contribution in [2.45, 2.75) is 13.1 Å². The number of hydrogen-bond acceptors (Lipinski definition) is 5. The molecule has 80 valence electrons. The molecule has 0 radical (unpaired) electrons. The molecule has 0 atom stereocenters. The van der Waals surface area contributed by atoms with Gasteiger partial charge in [0, 0.05) is 19.3 Å². The molecule has 0 aliphatic heterocycles. The molecule has 3 N–H and O–H groups in total. The Morgan fingerprint density at radius 3 is 3.14 bits per heavy atom. The molecule has 1 rings (SSSR count). The predicted molar refractivity (Wildman–Crippen MR) is 52.7 cm³/mol. The molecule has 0 fully saturated rings. The molecule has 1 heterocycles. The number of aromatic nitrogens is 3. The van der Waals surface area contributed by atoms with Gasteiger partial charge in [-0.25, -0.2) is 4.68 Å². The Bertz CT molecular complexity index is 250. The Morgan fingerprint density at radius 1 is 1.57 bits per heavy atom. The van der Waals surface area contributed by atoms with Gasteiger partial charge in [-0.2, -0.15) is 0 Å². The normalized spacial score (nSPS) is 10.7. The molecule has 0 saturated heterocycles. The smallest absolute Gasteiger partial charge is 0.0964 e. The van der Waals surface area contributed by atoms with Crippen LogP contribution in [0.2, 0.25) is 0 Å². The van der Waals surface area contributed by atoms with E-state index in [1.807, 2.05) is 13.2 Å². The van der Waals surface area contributed by atoms with Crippen molar-refractivity contribution in [2.75, 3.05) is 26.8 Å². The fraction of sp³-hybridized carbons (Fsp3) is 0.750. The molecule has 6 nitrogen and oxygen atoms in total. The number of ether oxygens (including phenoxy) is 1. The topological polar surface area (TPSA) is 78.0 Å². The van der Waals surface area contributed by atoms with E-state index in [9.17, 15) is 0 Å². The monoisotopic (exact) mass is 199 g/mol. The number of rotatable bonds is 7. The van der Waals surface area contributed by atoms with Crippen LogP contribution >= 0.6 is 0 Å². The molecule has 14 heavy (non-hydrogen) atoms. The third kappa shape index (κ3) is 3.82. The molecule has 6 heteroatoms. The van der Waals surface area contributed by atoms with Crippen LogP contribution < -0.4 is 11.1 Å². The molecule has 1 aromatic rings. The van der Waals surface area contributed by atoms with Crippen molar-refractivity contribution in [3.05, 3.63) is 11.9 Å². The van der Waals surface area contributed by atoms with Crippen LogP contribution in [0.25, 0.3) is 0 Å². The van der Waals surface area contributed by atoms with Gasteiger partial charge in [-0.05, 0) is 7.05 Å². The summed E-state index contributed by atoms with van der Waals surface area (Å²) < 4.78 is 6.99. The highest BCUT2D eigenvalue weighted by atomic mass is 16.5. The second-order valence-electron chi connectivity index (χ2n) is 2.90. The van der Waals surface area contributed by atoms with Gasteiger partial charge in [0.05, 0.1) is 25.5 Å². The van der Waals surface area contributed by atoms with Crippen LogP contribution in [-0.2, 0) is 17.8 Å². The molecule has 0 spiro atoms. The van der Waals surface area contributed by atoms with Gasteiger partial charge in [0.15, 0.2) is 0 Å².